The Morgan fingerprint density at radius 2 is 1.97 bits per heavy atom. The largest absolute Gasteiger partial charge is 0.489 e. The van der Waals surface area contributed by atoms with Gasteiger partial charge in [0.2, 0.25) is 0 Å². The van der Waals surface area contributed by atoms with E-state index in [0.29, 0.717) is 16.3 Å². The number of hydrogen-bond donors (Lipinski definition) is 1. The predicted octanol–water partition coefficient (Wildman–Crippen LogP) is 6.07. The third kappa shape index (κ3) is 5.58. The Labute approximate surface area is 189 Å². The zero-order valence-electron chi connectivity index (χ0n) is 16.9. The number of rotatable bonds is 7. The van der Waals surface area contributed by atoms with E-state index in [4.69, 9.17) is 9.15 Å². The second-order valence-electron chi connectivity index (χ2n) is 6.93. The minimum atomic E-state index is -4.45. The van der Waals surface area contributed by atoms with Crippen LogP contribution in [0.25, 0.3) is 10.6 Å². The van der Waals surface area contributed by atoms with Gasteiger partial charge >= 0.3 is 6.18 Å². The number of amides is 1. The van der Waals surface area contributed by atoms with Crippen molar-refractivity contribution in [2.75, 3.05) is 0 Å². The van der Waals surface area contributed by atoms with Gasteiger partial charge in [-0.25, -0.2) is 9.37 Å². The SMILES string of the molecule is O=C(NCc1ccco1)c1csc(-c2ccc(OCc3cccc(C(F)(F)F)c3)cc2F)n1. The normalized spacial score (nSPS) is 11.4. The van der Waals surface area contributed by atoms with Gasteiger partial charge in [-0.05, 0) is 42.0 Å². The van der Waals surface area contributed by atoms with E-state index in [1.54, 1.807) is 12.1 Å². The van der Waals surface area contributed by atoms with Crippen molar-refractivity contribution in [3.05, 3.63) is 94.6 Å². The maximum absolute atomic E-state index is 14.7. The summed E-state index contributed by atoms with van der Waals surface area (Å²) in [5.74, 6) is -0.309. The fraction of sp³-hybridized carbons (Fsp3) is 0.130. The van der Waals surface area contributed by atoms with E-state index in [0.717, 1.165) is 29.5 Å². The zero-order chi connectivity index (χ0) is 23.4. The van der Waals surface area contributed by atoms with Crippen LogP contribution in [0, 0.1) is 5.82 Å². The maximum Gasteiger partial charge on any atom is 0.416 e. The number of thiazole rings is 1. The van der Waals surface area contributed by atoms with Crippen molar-refractivity contribution in [1.82, 2.24) is 10.3 Å². The molecule has 1 N–H and O–H groups in total. The van der Waals surface area contributed by atoms with Crippen molar-refractivity contribution in [3.8, 4) is 16.3 Å². The van der Waals surface area contributed by atoms with E-state index in [2.05, 4.69) is 10.3 Å². The van der Waals surface area contributed by atoms with Crippen LogP contribution in [0.15, 0.2) is 70.7 Å². The Kier molecular flexibility index (Phi) is 6.45. The van der Waals surface area contributed by atoms with Gasteiger partial charge in [0.1, 0.15) is 34.6 Å². The Morgan fingerprint density at radius 1 is 1.12 bits per heavy atom. The molecular formula is C23H16F4N2O3S. The van der Waals surface area contributed by atoms with Crippen LogP contribution in [-0.2, 0) is 19.3 Å². The summed E-state index contributed by atoms with van der Waals surface area (Å²) in [4.78, 5) is 16.4. The summed E-state index contributed by atoms with van der Waals surface area (Å²) in [5, 5.41) is 4.49. The predicted molar refractivity (Wildman–Crippen MR) is 113 cm³/mol. The molecule has 5 nitrogen and oxygen atoms in total. The average Bonchev–Trinajstić information content (AvgIpc) is 3.48. The monoisotopic (exact) mass is 476 g/mol. The molecule has 0 bridgehead atoms. The van der Waals surface area contributed by atoms with E-state index in [-0.39, 0.29) is 30.2 Å². The van der Waals surface area contributed by atoms with Gasteiger partial charge in [0.15, 0.2) is 0 Å². The molecule has 10 heteroatoms. The highest BCUT2D eigenvalue weighted by Gasteiger charge is 2.30. The van der Waals surface area contributed by atoms with Gasteiger partial charge in [0, 0.05) is 17.0 Å². The molecular weight excluding hydrogens is 460 g/mol. The molecule has 4 rings (SSSR count). The second-order valence-corrected chi connectivity index (χ2v) is 7.79. The molecule has 0 aliphatic carbocycles. The number of carbonyl (C=O) groups excluding carboxylic acids is 1. The Morgan fingerprint density at radius 3 is 2.70 bits per heavy atom. The van der Waals surface area contributed by atoms with Gasteiger partial charge in [-0.15, -0.1) is 11.3 Å². The molecule has 0 aliphatic rings. The lowest BCUT2D eigenvalue weighted by molar-refractivity contribution is -0.137. The third-order valence-electron chi connectivity index (χ3n) is 4.57. The zero-order valence-corrected chi connectivity index (χ0v) is 17.7. The molecule has 2 heterocycles. The van der Waals surface area contributed by atoms with E-state index >= 15 is 0 Å². The first kappa shape index (κ1) is 22.5. The van der Waals surface area contributed by atoms with Gasteiger partial charge in [-0.3, -0.25) is 4.79 Å². The van der Waals surface area contributed by atoms with Crippen LogP contribution in [0.3, 0.4) is 0 Å². The Balaban J connectivity index is 1.40. The van der Waals surface area contributed by atoms with Crippen molar-refractivity contribution < 1.29 is 31.5 Å². The molecule has 0 unspecified atom stereocenters. The van der Waals surface area contributed by atoms with Gasteiger partial charge in [0.25, 0.3) is 5.91 Å². The molecule has 0 saturated heterocycles. The molecule has 170 valence electrons. The third-order valence-corrected chi connectivity index (χ3v) is 5.45. The summed E-state index contributed by atoms with van der Waals surface area (Å²) in [6.07, 6.45) is -2.95. The number of aromatic nitrogens is 1. The molecule has 0 saturated carbocycles. The molecule has 4 aromatic rings. The van der Waals surface area contributed by atoms with Gasteiger partial charge in [0.05, 0.1) is 18.4 Å². The first-order valence-electron chi connectivity index (χ1n) is 9.64. The molecule has 0 spiro atoms. The summed E-state index contributed by atoms with van der Waals surface area (Å²) < 4.78 is 63.7. The minimum Gasteiger partial charge on any atom is -0.489 e. The Bertz CT molecular complexity index is 1250. The average molecular weight is 476 g/mol. The van der Waals surface area contributed by atoms with Crippen LogP contribution in [-0.4, -0.2) is 10.9 Å². The molecule has 2 aromatic heterocycles. The van der Waals surface area contributed by atoms with E-state index < -0.39 is 23.5 Å². The molecule has 0 aliphatic heterocycles. The summed E-state index contributed by atoms with van der Waals surface area (Å²) >= 11 is 1.11. The minimum absolute atomic E-state index is 0.144. The number of ether oxygens (including phenoxy) is 1. The van der Waals surface area contributed by atoms with Crippen LogP contribution in [0.1, 0.15) is 27.4 Å². The van der Waals surface area contributed by atoms with Crippen molar-refractivity contribution >= 4 is 17.2 Å². The molecule has 0 radical (unpaired) electrons. The number of nitrogens with one attached hydrogen (secondary N) is 1. The number of carbonyl (C=O) groups is 1. The number of furan rings is 1. The van der Waals surface area contributed by atoms with Crippen molar-refractivity contribution in [2.24, 2.45) is 0 Å². The fourth-order valence-corrected chi connectivity index (χ4v) is 3.76. The topological polar surface area (TPSA) is 64.4 Å². The number of alkyl halides is 3. The highest BCUT2D eigenvalue weighted by molar-refractivity contribution is 7.13. The number of nitrogens with zero attached hydrogens (tertiary/aromatic N) is 1. The lowest BCUT2D eigenvalue weighted by atomic mass is 10.1. The molecule has 2 aromatic carbocycles. The molecule has 0 atom stereocenters. The van der Waals surface area contributed by atoms with E-state index in [1.807, 2.05) is 0 Å². The van der Waals surface area contributed by atoms with Gasteiger partial charge < -0.3 is 14.5 Å². The van der Waals surface area contributed by atoms with Crippen LogP contribution >= 0.6 is 11.3 Å². The lowest BCUT2D eigenvalue weighted by Crippen LogP contribution is -2.22. The van der Waals surface area contributed by atoms with Gasteiger partial charge in [-0.2, -0.15) is 13.2 Å². The number of halogens is 4. The fourth-order valence-electron chi connectivity index (χ4n) is 2.94. The highest BCUT2D eigenvalue weighted by Crippen LogP contribution is 2.31. The Hall–Kier alpha value is -3.66. The first-order valence-corrected chi connectivity index (χ1v) is 10.5. The smallest absolute Gasteiger partial charge is 0.416 e. The van der Waals surface area contributed by atoms with Crippen molar-refractivity contribution in [2.45, 2.75) is 19.3 Å². The van der Waals surface area contributed by atoms with Crippen LogP contribution < -0.4 is 10.1 Å². The van der Waals surface area contributed by atoms with Crippen molar-refractivity contribution in [1.29, 1.82) is 0 Å². The van der Waals surface area contributed by atoms with Gasteiger partial charge in [-0.1, -0.05) is 12.1 Å². The quantitative estimate of drug-likeness (QED) is 0.329. The van der Waals surface area contributed by atoms with Crippen LogP contribution in [0.4, 0.5) is 17.6 Å². The standard InChI is InChI=1S/C23H16F4N2O3S/c24-19-10-16(32-12-14-3-1-4-15(9-14)23(25,26)27)6-7-18(19)22-29-20(13-33-22)21(30)28-11-17-5-2-8-31-17/h1-10,13H,11-12H2,(H,28,30). The molecule has 0 fully saturated rings. The summed E-state index contributed by atoms with van der Waals surface area (Å²) in [7, 11) is 0. The van der Waals surface area contributed by atoms with Crippen LogP contribution in [0.5, 0.6) is 5.75 Å². The number of hydrogen-bond acceptors (Lipinski definition) is 5. The first-order chi connectivity index (χ1) is 15.8. The second kappa shape index (κ2) is 9.45. The van der Waals surface area contributed by atoms with Crippen LogP contribution in [0.2, 0.25) is 0 Å². The maximum atomic E-state index is 14.7. The van der Waals surface area contributed by atoms with E-state index in [1.165, 1.54) is 35.9 Å². The summed E-state index contributed by atoms with van der Waals surface area (Å²) in [6, 6.07) is 12.2. The molecule has 33 heavy (non-hydrogen) atoms. The lowest BCUT2D eigenvalue weighted by Gasteiger charge is -2.10. The molecule has 1 amide bonds. The summed E-state index contributed by atoms with van der Waals surface area (Å²) in [6.45, 7) is 0.0465. The van der Waals surface area contributed by atoms with E-state index in [9.17, 15) is 22.4 Å². The summed E-state index contributed by atoms with van der Waals surface area (Å²) in [5.41, 5.74) is -0.153. The highest BCUT2D eigenvalue weighted by atomic mass is 32.1. The van der Waals surface area contributed by atoms with Crippen molar-refractivity contribution in [3.63, 3.8) is 0 Å². The number of benzene rings is 2.